The molecule has 6 heteroatoms. The highest BCUT2D eigenvalue weighted by atomic mass is 16.5. The Bertz CT molecular complexity index is 925. The van der Waals surface area contributed by atoms with Crippen LogP contribution in [0.25, 0.3) is 11.0 Å². The number of phenols is 1. The van der Waals surface area contributed by atoms with Crippen LogP contribution in [-0.2, 0) is 6.61 Å². The van der Waals surface area contributed by atoms with Crippen molar-refractivity contribution in [3.05, 3.63) is 47.7 Å². The van der Waals surface area contributed by atoms with E-state index in [1.54, 1.807) is 13.2 Å². The van der Waals surface area contributed by atoms with Crippen molar-refractivity contribution in [3.63, 3.8) is 0 Å². The van der Waals surface area contributed by atoms with Gasteiger partial charge in [0.1, 0.15) is 23.7 Å². The average molecular weight is 342 g/mol. The number of carbonyl (C=O) groups excluding carboxylic acids is 1. The number of benzene rings is 2. The number of methoxy groups -OCH3 is 2. The first-order valence-corrected chi connectivity index (χ1v) is 7.63. The van der Waals surface area contributed by atoms with E-state index in [9.17, 15) is 9.90 Å². The molecule has 6 nitrogen and oxygen atoms in total. The smallest absolute Gasteiger partial charge is 0.205 e. The largest absolute Gasteiger partial charge is 0.504 e. The van der Waals surface area contributed by atoms with E-state index in [1.807, 2.05) is 24.3 Å². The molecule has 2 aromatic carbocycles. The second kappa shape index (κ2) is 6.76. The van der Waals surface area contributed by atoms with Crippen molar-refractivity contribution in [2.45, 2.75) is 13.5 Å². The van der Waals surface area contributed by atoms with Crippen LogP contribution in [-0.4, -0.2) is 25.1 Å². The lowest BCUT2D eigenvalue weighted by Gasteiger charge is -2.15. The van der Waals surface area contributed by atoms with Crippen molar-refractivity contribution in [1.82, 2.24) is 0 Å². The third-order valence-electron chi connectivity index (χ3n) is 3.87. The van der Waals surface area contributed by atoms with Gasteiger partial charge in [-0.2, -0.15) is 0 Å². The van der Waals surface area contributed by atoms with Crippen molar-refractivity contribution in [2.24, 2.45) is 0 Å². The minimum absolute atomic E-state index is 0.0636. The van der Waals surface area contributed by atoms with E-state index in [-0.39, 0.29) is 35.2 Å². The second-order valence-electron chi connectivity index (χ2n) is 5.45. The lowest BCUT2D eigenvalue weighted by atomic mass is 10.0. The van der Waals surface area contributed by atoms with E-state index in [2.05, 4.69) is 0 Å². The van der Waals surface area contributed by atoms with Crippen LogP contribution in [0.5, 0.6) is 23.0 Å². The molecular formula is C19H18O6. The zero-order chi connectivity index (χ0) is 18.0. The van der Waals surface area contributed by atoms with E-state index in [4.69, 9.17) is 18.6 Å². The van der Waals surface area contributed by atoms with Gasteiger partial charge in [0.15, 0.2) is 17.1 Å². The Morgan fingerprint density at radius 2 is 1.96 bits per heavy atom. The van der Waals surface area contributed by atoms with Gasteiger partial charge in [-0.1, -0.05) is 12.1 Å². The number of phenolic OH excluding ortho intramolecular Hbond substituents is 1. The van der Waals surface area contributed by atoms with Crippen LogP contribution in [0.15, 0.2) is 41.0 Å². The molecule has 3 rings (SSSR count). The molecular weight excluding hydrogens is 324 g/mol. The Labute approximate surface area is 144 Å². The number of furan rings is 1. The Morgan fingerprint density at radius 1 is 1.16 bits per heavy atom. The van der Waals surface area contributed by atoms with Gasteiger partial charge in [0.05, 0.1) is 25.9 Å². The number of fused-ring (bicyclic) bond motifs is 1. The fourth-order valence-electron chi connectivity index (χ4n) is 2.71. The molecule has 0 spiro atoms. The summed E-state index contributed by atoms with van der Waals surface area (Å²) in [5.74, 6) is 0.452. The molecule has 0 aliphatic rings. The maximum atomic E-state index is 12.1. The number of ketones is 1. The van der Waals surface area contributed by atoms with Crippen LogP contribution < -0.4 is 14.2 Å². The van der Waals surface area contributed by atoms with Gasteiger partial charge in [-0.3, -0.25) is 4.79 Å². The monoisotopic (exact) mass is 342 g/mol. The highest BCUT2D eigenvalue weighted by Gasteiger charge is 2.25. The third-order valence-corrected chi connectivity index (χ3v) is 3.87. The number of carbonyl (C=O) groups is 1. The second-order valence-corrected chi connectivity index (χ2v) is 5.45. The summed E-state index contributed by atoms with van der Waals surface area (Å²) in [7, 11) is 2.99. The Balaban J connectivity index is 2.06. The normalized spacial score (nSPS) is 10.7. The SMILES string of the molecule is COc1cccc(COc2c(C(C)=O)c(O)c(OC)c3occc23)c1. The summed E-state index contributed by atoms with van der Waals surface area (Å²) in [6, 6.07) is 9.07. The van der Waals surface area contributed by atoms with Crippen LogP contribution in [0, 0.1) is 0 Å². The van der Waals surface area contributed by atoms with Crippen LogP contribution in [0.3, 0.4) is 0 Å². The first kappa shape index (κ1) is 16.7. The van der Waals surface area contributed by atoms with E-state index < -0.39 is 0 Å². The summed E-state index contributed by atoms with van der Waals surface area (Å²) < 4.78 is 21.7. The number of hydrogen-bond donors (Lipinski definition) is 1. The molecule has 0 saturated carbocycles. The van der Waals surface area contributed by atoms with Crippen molar-refractivity contribution in [1.29, 1.82) is 0 Å². The maximum absolute atomic E-state index is 12.1. The first-order valence-electron chi connectivity index (χ1n) is 7.63. The minimum Gasteiger partial charge on any atom is -0.504 e. The summed E-state index contributed by atoms with van der Waals surface area (Å²) in [4.78, 5) is 12.1. The summed E-state index contributed by atoms with van der Waals surface area (Å²) in [5.41, 5.74) is 1.25. The Morgan fingerprint density at radius 3 is 2.64 bits per heavy atom. The highest BCUT2D eigenvalue weighted by Crippen LogP contribution is 2.46. The van der Waals surface area contributed by atoms with Crippen LogP contribution in [0.2, 0.25) is 0 Å². The molecule has 1 aromatic heterocycles. The molecule has 25 heavy (non-hydrogen) atoms. The molecule has 0 saturated heterocycles. The number of Topliss-reactive ketones (excluding diaryl/α,β-unsaturated/α-hetero) is 1. The average Bonchev–Trinajstić information content (AvgIpc) is 3.08. The molecule has 0 amide bonds. The van der Waals surface area contributed by atoms with Gasteiger partial charge < -0.3 is 23.7 Å². The van der Waals surface area contributed by atoms with Gasteiger partial charge in [0, 0.05) is 0 Å². The van der Waals surface area contributed by atoms with Crippen molar-refractivity contribution < 1.29 is 28.5 Å². The van der Waals surface area contributed by atoms with Crippen LogP contribution in [0.1, 0.15) is 22.8 Å². The molecule has 0 radical (unpaired) electrons. The van der Waals surface area contributed by atoms with Gasteiger partial charge in [-0.15, -0.1) is 0 Å². The summed E-state index contributed by atoms with van der Waals surface area (Å²) in [6.07, 6.45) is 1.45. The van der Waals surface area contributed by atoms with Gasteiger partial charge in [-0.25, -0.2) is 0 Å². The van der Waals surface area contributed by atoms with Gasteiger partial charge in [0.25, 0.3) is 0 Å². The fourth-order valence-corrected chi connectivity index (χ4v) is 2.71. The molecule has 1 heterocycles. The zero-order valence-electron chi connectivity index (χ0n) is 14.2. The molecule has 0 atom stereocenters. The van der Waals surface area contributed by atoms with Gasteiger partial charge in [0.2, 0.25) is 5.75 Å². The van der Waals surface area contributed by atoms with E-state index >= 15 is 0 Å². The highest BCUT2D eigenvalue weighted by molar-refractivity contribution is 6.08. The van der Waals surface area contributed by atoms with Crippen molar-refractivity contribution in [2.75, 3.05) is 14.2 Å². The zero-order valence-corrected chi connectivity index (χ0v) is 14.2. The number of rotatable bonds is 6. The molecule has 3 aromatic rings. The van der Waals surface area contributed by atoms with E-state index in [0.717, 1.165) is 5.56 Å². The standard InChI is InChI=1S/C19H18O6/c1-11(20)15-16(21)19(23-3)18-14(7-8-24-18)17(15)25-10-12-5-4-6-13(9-12)22-2/h4-9,21H,10H2,1-3H3. The maximum Gasteiger partial charge on any atom is 0.205 e. The topological polar surface area (TPSA) is 78.1 Å². The molecule has 0 unspecified atom stereocenters. The van der Waals surface area contributed by atoms with Gasteiger partial charge in [-0.05, 0) is 30.7 Å². The quantitative estimate of drug-likeness (QED) is 0.684. The number of hydrogen-bond acceptors (Lipinski definition) is 6. The minimum atomic E-state index is -0.334. The summed E-state index contributed by atoms with van der Waals surface area (Å²) >= 11 is 0. The Hall–Kier alpha value is -3.15. The van der Waals surface area contributed by atoms with Crippen LogP contribution >= 0.6 is 0 Å². The lowest BCUT2D eigenvalue weighted by molar-refractivity contribution is 0.101. The molecule has 0 aliphatic heterocycles. The first-order chi connectivity index (χ1) is 12.1. The summed E-state index contributed by atoms with van der Waals surface area (Å²) in [5, 5.41) is 11.0. The van der Waals surface area contributed by atoms with Gasteiger partial charge >= 0.3 is 0 Å². The predicted octanol–water partition coefficient (Wildman–Crippen LogP) is 3.94. The molecule has 1 N–H and O–H groups in total. The van der Waals surface area contributed by atoms with Crippen molar-refractivity contribution >= 4 is 16.8 Å². The fraction of sp³-hybridized carbons (Fsp3) is 0.211. The molecule has 0 bridgehead atoms. The molecule has 130 valence electrons. The van der Waals surface area contributed by atoms with E-state index in [1.165, 1.54) is 20.3 Å². The Kier molecular flexibility index (Phi) is 4.52. The molecule has 0 aliphatic carbocycles. The number of ether oxygens (including phenoxy) is 3. The molecule has 0 fully saturated rings. The van der Waals surface area contributed by atoms with Crippen LogP contribution in [0.4, 0.5) is 0 Å². The third kappa shape index (κ3) is 2.98. The number of aromatic hydroxyl groups is 1. The van der Waals surface area contributed by atoms with E-state index in [0.29, 0.717) is 16.7 Å². The lowest BCUT2D eigenvalue weighted by Crippen LogP contribution is -2.04. The summed E-state index contributed by atoms with van der Waals surface area (Å²) in [6.45, 7) is 1.56. The van der Waals surface area contributed by atoms with Crippen molar-refractivity contribution in [3.8, 4) is 23.0 Å². The predicted molar refractivity (Wildman–Crippen MR) is 91.8 cm³/mol.